The van der Waals surface area contributed by atoms with Crippen molar-refractivity contribution in [1.29, 1.82) is 0 Å². The molecule has 3 saturated carbocycles. The Morgan fingerprint density at radius 2 is 2.10 bits per heavy atom. The molecule has 1 aromatic carbocycles. The minimum atomic E-state index is -0.0709. The van der Waals surface area contributed by atoms with Gasteiger partial charge in [-0.3, -0.25) is 0 Å². The Hall–Kier alpha value is -1.02. The molecule has 5 rings (SSSR count). The van der Waals surface area contributed by atoms with E-state index in [0.29, 0.717) is 17.1 Å². The molecule has 4 aliphatic rings. The highest BCUT2D eigenvalue weighted by Crippen LogP contribution is 2.81. The van der Waals surface area contributed by atoms with Crippen LogP contribution >= 0.6 is 0 Å². The number of aryl methyl sites for hydroxylation is 1. The average Bonchev–Trinajstić information content (AvgIpc) is 3.12. The molecule has 2 N–H and O–H groups in total. The van der Waals surface area contributed by atoms with Crippen molar-refractivity contribution in [2.45, 2.75) is 57.5 Å². The lowest BCUT2D eigenvalue weighted by Crippen LogP contribution is -2.47. The van der Waals surface area contributed by atoms with E-state index in [2.05, 4.69) is 13.0 Å². The van der Waals surface area contributed by atoms with Crippen molar-refractivity contribution in [2.75, 3.05) is 0 Å². The van der Waals surface area contributed by atoms with E-state index in [1.165, 1.54) is 36.8 Å². The standard InChI is InChI=1S/C19H24O2/c1-18-7-6-15-14-4-3-13(20)8-11(14)2-5-16(15)19(18)10-12(19)9-17(18)21/h3-4,8,12,15-17,20-21H,2,5-7,9-10H2,1H3/t12-,15-,16-,17-,18-,19+/m1/s1. The maximum Gasteiger partial charge on any atom is 0.115 e. The summed E-state index contributed by atoms with van der Waals surface area (Å²) >= 11 is 0. The lowest BCUT2D eigenvalue weighted by molar-refractivity contribution is -0.0558. The lowest BCUT2D eigenvalue weighted by Gasteiger charge is -2.52. The third-order valence-electron chi connectivity index (χ3n) is 7.83. The molecular weight excluding hydrogens is 260 g/mol. The zero-order valence-electron chi connectivity index (χ0n) is 12.7. The number of aliphatic hydroxyl groups is 1. The summed E-state index contributed by atoms with van der Waals surface area (Å²) in [6.07, 6.45) is 7.07. The van der Waals surface area contributed by atoms with Crippen molar-refractivity contribution in [3.05, 3.63) is 29.3 Å². The molecule has 0 heterocycles. The first-order valence-electron chi connectivity index (χ1n) is 8.56. The summed E-state index contributed by atoms with van der Waals surface area (Å²) in [7, 11) is 0. The highest BCUT2D eigenvalue weighted by molar-refractivity contribution is 5.42. The Balaban J connectivity index is 1.60. The second kappa shape index (κ2) is 3.65. The molecule has 0 aliphatic heterocycles. The van der Waals surface area contributed by atoms with E-state index < -0.39 is 0 Å². The average molecular weight is 284 g/mol. The van der Waals surface area contributed by atoms with E-state index in [9.17, 15) is 10.2 Å². The fraction of sp³-hybridized carbons (Fsp3) is 0.684. The number of rotatable bonds is 0. The Kier molecular flexibility index (Phi) is 2.18. The summed E-state index contributed by atoms with van der Waals surface area (Å²) in [6.45, 7) is 2.37. The molecule has 2 nitrogen and oxygen atoms in total. The minimum absolute atomic E-state index is 0.0709. The largest absolute Gasteiger partial charge is 0.508 e. The summed E-state index contributed by atoms with van der Waals surface area (Å²) in [5.41, 5.74) is 3.47. The van der Waals surface area contributed by atoms with Gasteiger partial charge in [-0.1, -0.05) is 13.0 Å². The predicted molar refractivity (Wildman–Crippen MR) is 81.2 cm³/mol. The van der Waals surface area contributed by atoms with Crippen molar-refractivity contribution < 1.29 is 10.2 Å². The Labute approximate surface area is 126 Å². The van der Waals surface area contributed by atoms with Crippen molar-refractivity contribution in [3.8, 4) is 5.75 Å². The summed E-state index contributed by atoms with van der Waals surface area (Å²) in [6, 6.07) is 6.01. The summed E-state index contributed by atoms with van der Waals surface area (Å²) < 4.78 is 0. The molecule has 0 radical (unpaired) electrons. The maximum atomic E-state index is 10.6. The molecule has 3 fully saturated rings. The first-order valence-corrected chi connectivity index (χ1v) is 8.56. The van der Waals surface area contributed by atoms with Crippen LogP contribution in [0.25, 0.3) is 0 Å². The first-order chi connectivity index (χ1) is 10.1. The van der Waals surface area contributed by atoms with E-state index in [0.717, 1.165) is 24.7 Å². The van der Waals surface area contributed by atoms with Gasteiger partial charge in [0.05, 0.1) is 6.10 Å². The molecule has 4 aliphatic carbocycles. The topological polar surface area (TPSA) is 40.5 Å². The van der Waals surface area contributed by atoms with Gasteiger partial charge in [0.2, 0.25) is 0 Å². The molecule has 112 valence electrons. The number of phenolic OH excluding ortho intramolecular Hbond substituents is 1. The molecule has 2 heteroatoms. The first kappa shape index (κ1) is 12.5. The Bertz CT molecular complexity index is 624. The molecular formula is C19H24O2. The van der Waals surface area contributed by atoms with E-state index >= 15 is 0 Å². The zero-order valence-corrected chi connectivity index (χ0v) is 12.7. The van der Waals surface area contributed by atoms with Crippen molar-refractivity contribution >= 4 is 0 Å². The summed E-state index contributed by atoms with van der Waals surface area (Å²) in [5.74, 6) is 2.61. The smallest absolute Gasteiger partial charge is 0.115 e. The number of hydrogen-bond donors (Lipinski definition) is 2. The second-order valence-corrected chi connectivity index (χ2v) is 8.28. The molecule has 6 atom stereocenters. The second-order valence-electron chi connectivity index (χ2n) is 8.28. The van der Waals surface area contributed by atoms with Gasteiger partial charge in [0.1, 0.15) is 5.75 Å². The van der Waals surface area contributed by atoms with E-state index in [-0.39, 0.29) is 11.5 Å². The zero-order chi connectivity index (χ0) is 14.4. The van der Waals surface area contributed by atoms with Gasteiger partial charge in [0, 0.05) is 0 Å². The van der Waals surface area contributed by atoms with Crippen molar-refractivity contribution in [1.82, 2.24) is 0 Å². The van der Waals surface area contributed by atoms with Crippen LogP contribution < -0.4 is 0 Å². The molecule has 0 unspecified atom stereocenters. The monoisotopic (exact) mass is 284 g/mol. The van der Waals surface area contributed by atoms with Crippen molar-refractivity contribution in [3.63, 3.8) is 0 Å². The van der Waals surface area contributed by atoms with Crippen LogP contribution in [0.3, 0.4) is 0 Å². The third-order valence-corrected chi connectivity index (χ3v) is 7.83. The molecule has 1 spiro atoms. The Morgan fingerprint density at radius 1 is 1.24 bits per heavy atom. The number of phenols is 1. The van der Waals surface area contributed by atoms with Gasteiger partial charge in [0.15, 0.2) is 0 Å². The van der Waals surface area contributed by atoms with E-state index in [1.807, 2.05) is 12.1 Å². The van der Waals surface area contributed by atoms with Crippen molar-refractivity contribution in [2.24, 2.45) is 22.7 Å². The van der Waals surface area contributed by atoms with Crippen LogP contribution in [-0.4, -0.2) is 16.3 Å². The number of aliphatic hydroxyl groups excluding tert-OH is 1. The van der Waals surface area contributed by atoms with E-state index in [4.69, 9.17) is 0 Å². The fourth-order valence-corrected chi connectivity index (χ4v) is 6.79. The minimum Gasteiger partial charge on any atom is -0.508 e. The highest BCUT2D eigenvalue weighted by atomic mass is 16.3. The fourth-order valence-electron chi connectivity index (χ4n) is 6.79. The predicted octanol–water partition coefficient (Wildman–Crippen LogP) is 3.61. The van der Waals surface area contributed by atoms with Gasteiger partial charge >= 0.3 is 0 Å². The lowest BCUT2D eigenvalue weighted by atomic mass is 9.52. The Morgan fingerprint density at radius 3 is 2.95 bits per heavy atom. The number of aromatic hydroxyl groups is 1. The summed E-state index contributed by atoms with van der Waals surface area (Å²) in [4.78, 5) is 0. The normalized spacial score (nSPS) is 49.8. The number of benzene rings is 1. The van der Waals surface area contributed by atoms with Crippen LogP contribution in [0.1, 0.15) is 56.1 Å². The van der Waals surface area contributed by atoms with Gasteiger partial charge in [-0.25, -0.2) is 0 Å². The molecule has 0 aromatic heterocycles. The molecule has 0 amide bonds. The van der Waals surface area contributed by atoms with Crippen LogP contribution in [0, 0.1) is 22.7 Å². The molecule has 0 saturated heterocycles. The van der Waals surface area contributed by atoms with Crippen LogP contribution in [0.5, 0.6) is 5.75 Å². The van der Waals surface area contributed by atoms with Gasteiger partial charge < -0.3 is 10.2 Å². The summed E-state index contributed by atoms with van der Waals surface area (Å²) in [5, 5.41) is 20.3. The van der Waals surface area contributed by atoms with E-state index in [1.54, 1.807) is 0 Å². The molecule has 21 heavy (non-hydrogen) atoms. The SMILES string of the molecule is C[C@]12CC[C@@H]3c4ccc(O)cc4CC[C@H]3[C@@]13C[C@H]3C[C@H]2O. The molecule has 0 bridgehead atoms. The van der Waals surface area contributed by atoms with Gasteiger partial charge in [-0.15, -0.1) is 0 Å². The number of hydrogen-bond acceptors (Lipinski definition) is 2. The molecule has 1 aromatic rings. The highest BCUT2D eigenvalue weighted by Gasteiger charge is 2.76. The maximum absolute atomic E-state index is 10.6. The van der Waals surface area contributed by atoms with Crippen LogP contribution in [-0.2, 0) is 6.42 Å². The van der Waals surface area contributed by atoms with Gasteiger partial charge in [-0.05, 0) is 90.4 Å². The van der Waals surface area contributed by atoms with Gasteiger partial charge in [0.25, 0.3) is 0 Å². The van der Waals surface area contributed by atoms with Crippen LogP contribution in [0.4, 0.5) is 0 Å². The van der Waals surface area contributed by atoms with Crippen LogP contribution in [0.2, 0.25) is 0 Å². The van der Waals surface area contributed by atoms with Gasteiger partial charge in [-0.2, -0.15) is 0 Å². The van der Waals surface area contributed by atoms with Crippen LogP contribution in [0.15, 0.2) is 18.2 Å². The third kappa shape index (κ3) is 1.30. The number of fused-ring (bicyclic) bond motifs is 3. The quantitative estimate of drug-likeness (QED) is 0.764.